The molecule has 3 aromatic rings. The smallest absolute Gasteiger partial charge is 0.387 e. The van der Waals surface area contributed by atoms with Crippen LogP contribution in [0.3, 0.4) is 0 Å². The second-order valence-electron chi connectivity index (χ2n) is 4.78. The Bertz CT molecular complexity index is 816. The summed E-state index contributed by atoms with van der Waals surface area (Å²) in [6, 6.07) is 14.2. The van der Waals surface area contributed by atoms with Crippen molar-refractivity contribution < 1.29 is 27.8 Å². The molecule has 7 nitrogen and oxygen atoms in total. The van der Waals surface area contributed by atoms with Crippen molar-refractivity contribution in [2.75, 3.05) is 0 Å². The molecule has 0 aliphatic rings. The van der Waals surface area contributed by atoms with Gasteiger partial charge in [-0.25, -0.2) is 0 Å². The lowest BCUT2D eigenvalue weighted by atomic mass is 10.0. The molecule has 2 aromatic carbocycles. The number of H-pyrrole nitrogens is 1. The van der Waals surface area contributed by atoms with Crippen molar-refractivity contribution in [3.8, 4) is 22.8 Å². The van der Waals surface area contributed by atoms with Crippen LogP contribution in [0.2, 0.25) is 0 Å². The molecule has 0 atom stereocenters. The highest BCUT2D eigenvalue weighted by atomic mass is 19.3. The summed E-state index contributed by atoms with van der Waals surface area (Å²) >= 11 is 0. The molecule has 9 heteroatoms. The summed E-state index contributed by atoms with van der Waals surface area (Å²) in [5.74, 6) is 0.574. The number of benzene rings is 2. The van der Waals surface area contributed by atoms with E-state index in [0.29, 0.717) is 12.5 Å². The molecule has 26 heavy (non-hydrogen) atoms. The molecule has 1 heterocycles. The van der Waals surface area contributed by atoms with Crippen molar-refractivity contribution in [3.63, 3.8) is 0 Å². The maximum absolute atomic E-state index is 12.1. The number of carbonyl (C=O) groups excluding carboxylic acids is 2. The first-order chi connectivity index (χ1) is 12.6. The normalized spacial score (nSPS) is 9.81. The summed E-state index contributed by atoms with van der Waals surface area (Å²) < 4.78 is 34.0. The molecule has 0 saturated heterocycles. The van der Waals surface area contributed by atoms with Gasteiger partial charge < -0.3 is 9.47 Å². The number of ether oxygens (including phenoxy) is 2. The molecule has 0 unspecified atom stereocenters. The van der Waals surface area contributed by atoms with Gasteiger partial charge in [0.2, 0.25) is 0 Å². The molecule has 1 aromatic heterocycles. The maximum Gasteiger partial charge on any atom is 0.387 e. The van der Waals surface area contributed by atoms with Crippen molar-refractivity contribution >= 4 is 6.15 Å². The van der Waals surface area contributed by atoms with E-state index in [-0.39, 0.29) is 11.9 Å². The van der Waals surface area contributed by atoms with Gasteiger partial charge in [-0.15, -0.1) is 5.10 Å². The molecule has 3 rings (SSSR count). The molecule has 0 amide bonds. The van der Waals surface area contributed by atoms with Gasteiger partial charge in [-0.1, -0.05) is 36.4 Å². The Labute approximate surface area is 146 Å². The summed E-state index contributed by atoms with van der Waals surface area (Å²) in [6.07, 6.45) is 1.75. The Morgan fingerprint density at radius 2 is 1.58 bits per heavy atom. The van der Waals surface area contributed by atoms with E-state index in [1.807, 2.05) is 24.3 Å². The van der Waals surface area contributed by atoms with Gasteiger partial charge in [0.1, 0.15) is 18.6 Å². The van der Waals surface area contributed by atoms with Crippen LogP contribution in [-0.4, -0.2) is 28.2 Å². The zero-order chi connectivity index (χ0) is 18.8. The fraction of sp³-hybridized carbons (Fsp3) is 0.118. The minimum absolute atomic E-state index is 0.140. The predicted octanol–water partition coefficient (Wildman–Crippen LogP) is 3.07. The van der Waals surface area contributed by atoms with Crippen molar-refractivity contribution in [2.45, 2.75) is 13.2 Å². The molecule has 134 valence electrons. The van der Waals surface area contributed by atoms with E-state index in [1.54, 1.807) is 12.1 Å². The number of rotatable bonds is 6. The minimum Gasteiger partial charge on any atom is -0.471 e. The van der Waals surface area contributed by atoms with E-state index >= 15 is 0 Å². The summed E-state index contributed by atoms with van der Waals surface area (Å²) in [4.78, 5) is 16.2. The van der Waals surface area contributed by atoms with Gasteiger partial charge in [0.15, 0.2) is 0 Å². The van der Waals surface area contributed by atoms with Crippen LogP contribution in [-0.2, 0) is 16.2 Å². The molecule has 0 saturated carbocycles. The van der Waals surface area contributed by atoms with Gasteiger partial charge in [0, 0.05) is 0 Å². The molecule has 0 radical (unpaired) electrons. The van der Waals surface area contributed by atoms with Crippen LogP contribution in [0.4, 0.5) is 8.78 Å². The third-order valence-electron chi connectivity index (χ3n) is 3.15. The first-order valence-electron chi connectivity index (χ1n) is 7.24. The summed E-state index contributed by atoms with van der Waals surface area (Å²) in [5, 5.41) is 9.93. The Kier molecular flexibility index (Phi) is 6.96. The molecule has 0 bridgehead atoms. The number of nitrogens with one attached hydrogen (secondary N) is 1. The van der Waals surface area contributed by atoms with Crippen molar-refractivity contribution in [1.82, 2.24) is 15.4 Å². The van der Waals surface area contributed by atoms with Crippen LogP contribution >= 0.6 is 0 Å². The van der Waals surface area contributed by atoms with Gasteiger partial charge in [0.25, 0.3) is 5.88 Å². The molecule has 0 aliphatic carbocycles. The number of aromatic amines is 1. The highest BCUT2D eigenvalue weighted by Crippen LogP contribution is 2.24. The molecule has 1 N–H and O–H groups in total. The van der Waals surface area contributed by atoms with Gasteiger partial charge in [-0.05, 0) is 28.8 Å². The molecule has 0 spiro atoms. The Balaban J connectivity index is 0.000000758. The highest BCUT2D eigenvalue weighted by molar-refractivity contribution is 5.64. The average Bonchev–Trinajstić information content (AvgIpc) is 3.15. The van der Waals surface area contributed by atoms with Crippen molar-refractivity contribution in [1.29, 1.82) is 0 Å². The van der Waals surface area contributed by atoms with Gasteiger partial charge in [-0.3, -0.25) is 0 Å². The standard InChI is InChI=1S/C16H13F2N3O2.CO2/c17-16(18)23-14-7-5-13(6-8-14)12-3-1-11(2-4-12)10-22-15-9-19-21-20-15;2-1-3/h1-9,16H,10H2,(H,19,20,21);. The van der Waals surface area contributed by atoms with E-state index in [4.69, 9.17) is 14.3 Å². The third kappa shape index (κ3) is 5.81. The highest BCUT2D eigenvalue weighted by Gasteiger charge is 2.05. The molecular weight excluding hydrogens is 348 g/mol. The van der Waals surface area contributed by atoms with E-state index in [0.717, 1.165) is 16.7 Å². The predicted molar refractivity (Wildman–Crippen MR) is 84.2 cm³/mol. The van der Waals surface area contributed by atoms with Crippen LogP contribution < -0.4 is 9.47 Å². The van der Waals surface area contributed by atoms with Crippen LogP contribution in [0.15, 0.2) is 54.7 Å². The van der Waals surface area contributed by atoms with Crippen LogP contribution in [0.5, 0.6) is 11.6 Å². The SMILES string of the molecule is FC(F)Oc1ccc(-c2ccc(COc3cn[nH]n3)cc2)cc1.O=C=O. The first-order valence-corrected chi connectivity index (χ1v) is 7.24. The van der Waals surface area contributed by atoms with Crippen LogP contribution in [0.1, 0.15) is 5.56 Å². The summed E-state index contributed by atoms with van der Waals surface area (Å²) in [7, 11) is 0. The number of alkyl halides is 2. The first kappa shape index (κ1) is 18.8. The summed E-state index contributed by atoms with van der Waals surface area (Å²) in [5.41, 5.74) is 2.86. The Morgan fingerprint density at radius 3 is 2.08 bits per heavy atom. The second-order valence-corrected chi connectivity index (χ2v) is 4.78. The van der Waals surface area contributed by atoms with E-state index < -0.39 is 6.61 Å². The lowest BCUT2D eigenvalue weighted by Crippen LogP contribution is -2.01. The van der Waals surface area contributed by atoms with Gasteiger partial charge >= 0.3 is 12.8 Å². The quantitative estimate of drug-likeness (QED) is 0.725. The van der Waals surface area contributed by atoms with Gasteiger partial charge in [-0.2, -0.15) is 28.7 Å². The van der Waals surface area contributed by atoms with E-state index in [2.05, 4.69) is 20.1 Å². The zero-order valence-corrected chi connectivity index (χ0v) is 13.3. The lowest BCUT2D eigenvalue weighted by Gasteiger charge is -2.07. The zero-order valence-electron chi connectivity index (χ0n) is 13.3. The van der Waals surface area contributed by atoms with E-state index in [9.17, 15) is 8.78 Å². The monoisotopic (exact) mass is 361 g/mol. The van der Waals surface area contributed by atoms with Crippen molar-refractivity contribution in [3.05, 3.63) is 60.3 Å². The topological polar surface area (TPSA) is 94.2 Å². The number of hydrogen-bond acceptors (Lipinski definition) is 6. The maximum atomic E-state index is 12.1. The molecule has 0 aliphatic heterocycles. The minimum atomic E-state index is -2.81. The van der Waals surface area contributed by atoms with Crippen LogP contribution in [0.25, 0.3) is 11.1 Å². The number of nitrogens with zero attached hydrogens (tertiary/aromatic N) is 2. The molecular formula is C17H13F2N3O4. The van der Waals surface area contributed by atoms with Crippen molar-refractivity contribution in [2.24, 2.45) is 0 Å². The number of hydrogen-bond donors (Lipinski definition) is 1. The Hall–Kier alpha value is -3.58. The number of halogens is 2. The fourth-order valence-electron chi connectivity index (χ4n) is 2.04. The molecule has 0 fully saturated rings. The van der Waals surface area contributed by atoms with E-state index in [1.165, 1.54) is 18.3 Å². The van der Waals surface area contributed by atoms with Crippen LogP contribution in [0, 0.1) is 0 Å². The van der Waals surface area contributed by atoms with Gasteiger partial charge in [0.05, 0.1) is 0 Å². The third-order valence-corrected chi connectivity index (χ3v) is 3.15. The second kappa shape index (κ2) is 9.65. The Morgan fingerprint density at radius 1 is 1.00 bits per heavy atom. The number of aromatic nitrogens is 3. The summed E-state index contributed by atoms with van der Waals surface area (Å²) in [6.45, 7) is -2.43. The largest absolute Gasteiger partial charge is 0.471 e. The average molecular weight is 361 g/mol. The fourth-order valence-corrected chi connectivity index (χ4v) is 2.04. The lowest BCUT2D eigenvalue weighted by molar-refractivity contribution is -0.191.